The van der Waals surface area contributed by atoms with Crippen molar-refractivity contribution in [2.45, 2.75) is 19.4 Å². The SMILES string of the molecule is CNC(Cc1ccc([N+](=O)[O-])cc1)c1cccc(C)c1F. The summed E-state index contributed by atoms with van der Waals surface area (Å²) < 4.78 is 14.2. The monoisotopic (exact) mass is 288 g/mol. The number of nitrogens with zero attached hydrogens (tertiary/aromatic N) is 1. The van der Waals surface area contributed by atoms with Gasteiger partial charge < -0.3 is 5.32 Å². The lowest BCUT2D eigenvalue weighted by molar-refractivity contribution is -0.384. The van der Waals surface area contributed by atoms with Crippen LogP contribution in [0.2, 0.25) is 0 Å². The lowest BCUT2D eigenvalue weighted by Crippen LogP contribution is -2.20. The highest BCUT2D eigenvalue weighted by molar-refractivity contribution is 5.35. The maximum atomic E-state index is 14.2. The number of nitrogens with one attached hydrogen (secondary N) is 1. The minimum atomic E-state index is -0.431. The normalized spacial score (nSPS) is 12.1. The molecule has 0 fully saturated rings. The van der Waals surface area contributed by atoms with E-state index in [9.17, 15) is 14.5 Å². The van der Waals surface area contributed by atoms with Crippen molar-refractivity contribution in [1.29, 1.82) is 0 Å². The first-order valence-corrected chi connectivity index (χ1v) is 6.68. The molecule has 0 radical (unpaired) electrons. The van der Waals surface area contributed by atoms with Gasteiger partial charge in [0.25, 0.3) is 5.69 Å². The molecule has 0 aliphatic rings. The van der Waals surface area contributed by atoms with Gasteiger partial charge in [-0.1, -0.05) is 30.3 Å². The number of nitro benzene ring substituents is 1. The van der Waals surface area contributed by atoms with Crippen molar-refractivity contribution in [1.82, 2.24) is 5.32 Å². The molecule has 0 aliphatic heterocycles. The van der Waals surface area contributed by atoms with Crippen molar-refractivity contribution in [3.63, 3.8) is 0 Å². The zero-order chi connectivity index (χ0) is 15.4. The molecule has 2 rings (SSSR count). The predicted octanol–water partition coefficient (Wildman–Crippen LogP) is 3.55. The molecule has 0 bridgehead atoms. The number of halogens is 1. The summed E-state index contributed by atoms with van der Waals surface area (Å²) in [7, 11) is 1.78. The van der Waals surface area contributed by atoms with E-state index >= 15 is 0 Å². The molecule has 0 aliphatic carbocycles. The second-order valence-corrected chi connectivity index (χ2v) is 4.95. The molecule has 110 valence electrons. The maximum absolute atomic E-state index is 14.2. The molecular formula is C16H17FN2O2. The number of hydrogen-bond donors (Lipinski definition) is 1. The molecule has 0 spiro atoms. The molecule has 2 aromatic carbocycles. The van der Waals surface area contributed by atoms with E-state index in [0.29, 0.717) is 17.5 Å². The molecule has 1 unspecified atom stereocenters. The van der Waals surface area contributed by atoms with Gasteiger partial charge in [-0.2, -0.15) is 0 Å². The van der Waals surface area contributed by atoms with Crippen LogP contribution < -0.4 is 5.32 Å². The van der Waals surface area contributed by atoms with Crippen LogP contribution in [-0.4, -0.2) is 12.0 Å². The summed E-state index contributed by atoms with van der Waals surface area (Å²) in [6.45, 7) is 1.73. The topological polar surface area (TPSA) is 55.2 Å². The van der Waals surface area contributed by atoms with Crippen LogP contribution in [-0.2, 0) is 6.42 Å². The molecular weight excluding hydrogens is 271 g/mol. The van der Waals surface area contributed by atoms with Gasteiger partial charge in [-0.3, -0.25) is 10.1 Å². The molecule has 21 heavy (non-hydrogen) atoms. The van der Waals surface area contributed by atoms with E-state index in [1.54, 1.807) is 38.2 Å². The second kappa shape index (κ2) is 6.45. The quantitative estimate of drug-likeness (QED) is 0.676. The summed E-state index contributed by atoms with van der Waals surface area (Å²) in [4.78, 5) is 10.2. The first-order chi connectivity index (χ1) is 10.0. The van der Waals surface area contributed by atoms with Crippen LogP contribution in [0.15, 0.2) is 42.5 Å². The molecule has 0 aromatic heterocycles. The van der Waals surface area contributed by atoms with Crippen molar-refractivity contribution in [2.75, 3.05) is 7.05 Å². The Morgan fingerprint density at radius 3 is 2.48 bits per heavy atom. The number of benzene rings is 2. The fourth-order valence-electron chi connectivity index (χ4n) is 2.30. The van der Waals surface area contributed by atoms with E-state index < -0.39 is 4.92 Å². The Bertz CT molecular complexity index is 641. The van der Waals surface area contributed by atoms with E-state index in [1.165, 1.54) is 12.1 Å². The number of likely N-dealkylation sites (N-methyl/N-ethyl adjacent to an activating group) is 1. The van der Waals surface area contributed by atoms with Crippen LogP contribution in [0.3, 0.4) is 0 Å². The Labute approximate surface area is 122 Å². The third kappa shape index (κ3) is 3.44. The van der Waals surface area contributed by atoms with Crippen LogP contribution in [0.4, 0.5) is 10.1 Å². The number of rotatable bonds is 5. The largest absolute Gasteiger partial charge is 0.313 e. The summed E-state index contributed by atoms with van der Waals surface area (Å²) in [5, 5.41) is 13.7. The molecule has 0 saturated heterocycles. The highest BCUT2D eigenvalue weighted by Gasteiger charge is 2.16. The summed E-state index contributed by atoms with van der Waals surface area (Å²) in [5.74, 6) is -0.209. The highest BCUT2D eigenvalue weighted by atomic mass is 19.1. The van der Waals surface area contributed by atoms with Gasteiger partial charge >= 0.3 is 0 Å². The van der Waals surface area contributed by atoms with E-state index in [-0.39, 0.29) is 17.5 Å². The van der Waals surface area contributed by atoms with Gasteiger partial charge in [0.15, 0.2) is 0 Å². The smallest absolute Gasteiger partial charge is 0.269 e. The van der Waals surface area contributed by atoms with E-state index in [0.717, 1.165) is 5.56 Å². The molecule has 5 heteroatoms. The van der Waals surface area contributed by atoms with Crippen molar-refractivity contribution in [3.05, 3.63) is 75.1 Å². The molecule has 1 N–H and O–H groups in total. The van der Waals surface area contributed by atoms with Gasteiger partial charge in [0.2, 0.25) is 0 Å². The van der Waals surface area contributed by atoms with Gasteiger partial charge in [-0.15, -0.1) is 0 Å². The summed E-state index contributed by atoms with van der Waals surface area (Å²) >= 11 is 0. The molecule has 4 nitrogen and oxygen atoms in total. The van der Waals surface area contributed by atoms with Crippen LogP contribution in [0.25, 0.3) is 0 Å². The molecule has 0 amide bonds. The van der Waals surface area contributed by atoms with Gasteiger partial charge in [0.05, 0.1) is 4.92 Å². The maximum Gasteiger partial charge on any atom is 0.269 e. The lowest BCUT2D eigenvalue weighted by Gasteiger charge is -2.18. The minimum absolute atomic E-state index is 0.0569. The lowest BCUT2D eigenvalue weighted by atomic mass is 9.97. The zero-order valence-electron chi connectivity index (χ0n) is 12.0. The molecule has 0 heterocycles. The molecule has 1 atom stereocenters. The number of aryl methyl sites for hydroxylation is 1. The third-order valence-corrected chi connectivity index (χ3v) is 3.53. The van der Waals surface area contributed by atoms with Crippen LogP contribution in [0.1, 0.15) is 22.7 Å². The summed E-state index contributed by atoms with van der Waals surface area (Å²) in [5.41, 5.74) is 2.19. The van der Waals surface area contributed by atoms with E-state index in [4.69, 9.17) is 0 Å². The average Bonchev–Trinajstić information content (AvgIpc) is 2.48. The summed E-state index contributed by atoms with van der Waals surface area (Å²) in [6.07, 6.45) is 0.564. The second-order valence-electron chi connectivity index (χ2n) is 4.95. The first kappa shape index (κ1) is 15.1. The number of nitro groups is 1. The standard InChI is InChI=1S/C16H17FN2O2/c1-11-4-3-5-14(16(11)17)15(18-2)10-12-6-8-13(9-7-12)19(20)21/h3-9,15,18H,10H2,1-2H3. The van der Waals surface area contributed by atoms with Crippen molar-refractivity contribution in [3.8, 4) is 0 Å². The van der Waals surface area contributed by atoms with Gasteiger partial charge in [0, 0.05) is 23.7 Å². The van der Waals surface area contributed by atoms with Gasteiger partial charge in [0.1, 0.15) is 5.82 Å². The van der Waals surface area contributed by atoms with Crippen molar-refractivity contribution < 1.29 is 9.31 Å². The molecule has 0 saturated carbocycles. The fraction of sp³-hybridized carbons (Fsp3) is 0.250. The third-order valence-electron chi connectivity index (χ3n) is 3.53. The van der Waals surface area contributed by atoms with Gasteiger partial charge in [-0.05, 0) is 31.5 Å². The van der Waals surface area contributed by atoms with Crippen molar-refractivity contribution in [2.24, 2.45) is 0 Å². The van der Waals surface area contributed by atoms with Crippen molar-refractivity contribution >= 4 is 5.69 Å². The average molecular weight is 288 g/mol. The number of non-ortho nitro benzene ring substituents is 1. The Balaban J connectivity index is 2.23. The Morgan fingerprint density at radius 1 is 1.24 bits per heavy atom. The van der Waals surface area contributed by atoms with Crippen LogP contribution in [0.5, 0.6) is 0 Å². The Morgan fingerprint density at radius 2 is 1.90 bits per heavy atom. The predicted molar refractivity (Wildman–Crippen MR) is 79.7 cm³/mol. The van der Waals surface area contributed by atoms with Crippen LogP contribution >= 0.6 is 0 Å². The van der Waals surface area contributed by atoms with E-state index in [1.807, 2.05) is 6.07 Å². The Hall–Kier alpha value is -2.27. The highest BCUT2D eigenvalue weighted by Crippen LogP contribution is 2.24. The minimum Gasteiger partial charge on any atom is -0.313 e. The van der Waals surface area contributed by atoms with E-state index in [2.05, 4.69) is 5.32 Å². The Kier molecular flexibility index (Phi) is 4.65. The summed E-state index contributed by atoms with van der Waals surface area (Å²) in [6, 6.07) is 11.5. The van der Waals surface area contributed by atoms with Gasteiger partial charge in [-0.25, -0.2) is 4.39 Å². The fourth-order valence-corrected chi connectivity index (χ4v) is 2.30. The van der Waals surface area contributed by atoms with Crippen LogP contribution in [0, 0.1) is 22.9 Å². The number of hydrogen-bond acceptors (Lipinski definition) is 3. The first-order valence-electron chi connectivity index (χ1n) is 6.68. The molecule has 2 aromatic rings. The zero-order valence-corrected chi connectivity index (χ0v) is 12.0.